The van der Waals surface area contributed by atoms with Gasteiger partial charge >= 0.3 is 0 Å². The van der Waals surface area contributed by atoms with Crippen LogP contribution < -0.4 is 5.32 Å². The number of benzene rings is 1. The third-order valence-electron chi connectivity index (χ3n) is 2.03. The van der Waals surface area contributed by atoms with Gasteiger partial charge in [-0.05, 0) is 50.1 Å². The van der Waals surface area contributed by atoms with E-state index in [0.717, 1.165) is 26.2 Å². The van der Waals surface area contributed by atoms with E-state index in [0.29, 0.717) is 0 Å². The predicted octanol–water partition coefficient (Wildman–Crippen LogP) is 5.54. The van der Waals surface area contributed by atoms with Crippen molar-refractivity contribution >= 4 is 60.5 Å². The molecule has 0 aliphatic carbocycles. The Hall–Kier alpha value is -0.0300. The summed E-state index contributed by atoms with van der Waals surface area (Å²) >= 11 is 14.6. The topological polar surface area (TPSA) is 12.0 Å². The zero-order valence-electron chi connectivity index (χ0n) is 8.14. The molecule has 2 rings (SSSR count). The Morgan fingerprint density at radius 3 is 2.81 bits per heavy atom. The van der Waals surface area contributed by atoms with Crippen molar-refractivity contribution in [1.29, 1.82) is 0 Å². The van der Waals surface area contributed by atoms with Gasteiger partial charge in [0.25, 0.3) is 0 Å². The second kappa shape index (κ2) is 5.54. The van der Waals surface area contributed by atoms with Gasteiger partial charge in [-0.2, -0.15) is 0 Å². The van der Waals surface area contributed by atoms with Crippen molar-refractivity contribution < 1.29 is 0 Å². The lowest BCUT2D eigenvalue weighted by Crippen LogP contribution is -1.98. The summed E-state index contributed by atoms with van der Waals surface area (Å²) in [5.41, 5.74) is 1.01. The molecule has 0 fully saturated rings. The van der Waals surface area contributed by atoms with Crippen LogP contribution in [0.5, 0.6) is 0 Å². The summed E-state index contributed by atoms with van der Waals surface area (Å²) in [5, 5.41) is 6.13. The van der Waals surface area contributed by atoms with Gasteiger partial charge in [0.05, 0.1) is 15.2 Å². The zero-order chi connectivity index (χ0) is 11.5. The molecular weight excluding hydrogens is 373 g/mol. The van der Waals surface area contributed by atoms with Crippen molar-refractivity contribution in [2.24, 2.45) is 0 Å². The first-order valence-electron chi connectivity index (χ1n) is 4.57. The number of halogens is 3. The summed E-state index contributed by atoms with van der Waals surface area (Å²) in [6.07, 6.45) is 0. The summed E-state index contributed by atoms with van der Waals surface area (Å²) in [7, 11) is 0. The maximum absolute atomic E-state index is 6.01. The maximum Gasteiger partial charge on any atom is 0.0593 e. The van der Waals surface area contributed by atoms with Gasteiger partial charge in [0.1, 0.15) is 0 Å². The Labute approximate surface area is 120 Å². The molecule has 0 amide bonds. The quantitative estimate of drug-likeness (QED) is 0.736. The highest BCUT2D eigenvalue weighted by Crippen LogP contribution is 2.30. The molecule has 1 N–H and O–H groups in total. The molecule has 0 aliphatic rings. The molecule has 0 bridgehead atoms. The van der Waals surface area contributed by atoms with Gasteiger partial charge in [0.15, 0.2) is 0 Å². The van der Waals surface area contributed by atoms with E-state index in [1.54, 1.807) is 11.3 Å². The van der Waals surface area contributed by atoms with Crippen LogP contribution in [0, 0.1) is 0 Å². The first-order valence-corrected chi connectivity index (χ1v) is 7.42. The van der Waals surface area contributed by atoms with Crippen LogP contribution in [0.4, 0.5) is 5.69 Å². The van der Waals surface area contributed by atoms with E-state index < -0.39 is 0 Å². The average Bonchev–Trinajstić information content (AvgIpc) is 2.67. The van der Waals surface area contributed by atoms with Crippen LogP contribution in [0.15, 0.2) is 38.6 Å². The molecule has 0 spiro atoms. The third kappa shape index (κ3) is 3.00. The van der Waals surface area contributed by atoms with Crippen LogP contribution in [-0.2, 0) is 6.54 Å². The van der Waals surface area contributed by atoms with E-state index in [4.69, 9.17) is 11.6 Å². The Kier molecular flexibility index (Phi) is 4.30. The van der Waals surface area contributed by atoms with Crippen molar-refractivity contribution in [3.8, 4) is 0 Å². The van der Waals surface area contributed by atoms with Gasteiger partial charge in [-0.1, -0.05) is 17.7 Å². The smallest absolute Gasteiger partial charge is 0.0593 e. The number of rotatable bonds is 3. The van der Waals surface area contributed by atoms with Crippen molar-refractivity contribution in [3.05, 3.63) is 48.5 Å². The van der Waals surface area contributed by atoms with Gasteiger partial charge in [-0.25, -0.2) is 0 Å². The molecule has 16 heavy (non-hydrogen) atoms. The molecular formula is C11H8Br2ClNS. The normalized spacial score (nSPS) is 10.4. The number of hydrogen-bond donors (Lipinski definition) is 1. The first-order chi connectivity index (χ1) is 7.66. The van der Waals surface area contributed by atoms with E-state index in [9.17, 15) is 0 Å². The van der Waals surface area contributed by atoms with E-state index in [2.05, 4.69) is 48.6 Å². The van der Waals surface area contributed by atoms with Crippen LogP contribution in [0.1, 0.15) is 4.88 Å². The van der Waals surface area contributed by atoms with Gasteiger partial charge in [0.2, 0.25) is 0 Å². The fourth-order valence-electron chi connectivity index (χ4n) is 1.27. The molecule has 5 heteroatoms. The lowest BCUT2D eigenvalue weighted by Gasteiger charge is -2.08. The van der Waals surface area contributed by atoms with Crippen molar-refractivity contribution in [3.63, 3.8) is 0 Å². The van der Waals surface area contributed by atoms with Crippen molar-refractivity contribution in [2.75, 3.05) is 5.32 Å². The van der Waals surface area contributed by atoms with E-state index in [-0.39, 0.29) is 0 Å². The summed E-state index contributed by atoms with van der Waals surface area (Å²) < 4.78 is 2.03. The molecule has 0 saturated heterocycles. The predicted molar refractivity (Wildman–Crippen MR) is 78.5 cm³/mol. The summed E-state index contributed by atoms with van der Waals surface area (Å²) in [4.78, 5) is 1.28. The Morgan fingerprint density at radius 2 is 2.12 bits per heavy atom. The molecule has 0 atom stereocenters. The van der Waals surface area contributed by atoms with Gasteiger partial charge in [0, 0.05) is 21.3 Å². The number of hydrogen-bond acceptors (Lipinski definition) is 2. The van der Waals surface area contributed by atoms with Crippen LogP contribution in [0.2, 0.25) is 5.02 Å². The monoisotopic (exact) mass is 379 g/mol. The summed E-state index contributed by atoms with van der Waals surface area (Å²) in [5.74, 6) is 0. The van der Waals surface area contributed by atoms with Gasteiger partial charge in [-0.3, -0.25) is 0 Å². The minimum absolute atomic E-state index is 0.720. The molecule has 1 heterocycles. The molecule has 0 unspecified atom stereocenters. The largest absolute Gasteiger partial charge is 0.379 e. The van der Waals surface area contributed by atoms with Crippen molar-refractivity contribution in [2.45, 2.75) is 6.54 Å². The lowest BCUT2D eigenvalue weighted by molar-refractivity contribution is 1.19. The molecule has 0 radical (unpaired) electrons. The van der Waals surface area contributed by atoms with Gasteiger partial charge < -0.3 is 5.32 Å². The first kappa shape index (κ1) is 12.4. The van der Waals surface area contributed by atoms with E-state index in [1.165, 1.54) is 4.88 Å². The van der Waals surface area contributed by atoms with Crippen LogP contribution in [0.3, 0.4) is 0 Å². The van der Waals surface area contributed by atoms with Crippen molar-refractivity contribution in [1.82, 2.24) is 0 Å². The minimum Gasteiger partial charge on any atom is -0.379 e. The molecule has 1 aromatic heterocycles. The fraction of sp³-hybridized carbons (Fsp3) is 0.0909. The standard InChI is InChI=1S/C11H8Br2ClNS/c12-7-4-8(16-6-7)5-15-10-3-1-2-9(14)11(10)13/h1-4,6,15H,5H2. The van der Waals surface area contributed by atoms with E-state index >= 15 is 0 Å². The minimum atomic E-state index is 0.720. The Bertz CT molecular complexity index is 498. The second-order valence-electron chi connectivity index (χ2n) is 3.19. The summed E-state index contributed by atoms with van der Waals surface area (Å²) in [6.45, 7) is 0.801. The fourth-order valence-corrected chi connectivity index (χ4v) is 3.24. The molecule has 0 saturated carbocycles. The number of anilines is 1. The number of thiophene rings is 1. The maximum atomic E-state index is 6.01. The highest BCUT2D eigenvalue weighted by molar-refractivity contribution is 9.11. The summed E-state index contributed by atoms with van der Waals surface area (Å²) in [6, 6.07) is 7.90. The number of nitrogens with one attached hydrogen (secondary N) is 1. The molecule has 1 nitrogen and oxygen atoms in total. The highest BCUT2D eigenvalue weighted by atomic mass is 79.9. The molecule has 84 valence electrons. The zero-order valence-corrected chi connectivity index (χ0v) is 12.9. The second-order valence-corrected chi connectivity index (χ2v) is 6.30. The highest BCUT2D eigenvalue weighted by Gasteiger charge is 2.03. The Balaban J connectivity index is 2.07. The van der Waals surface area contributed by atoms with Crippen LogP contribution >= 0.6 is 54.8 Å². The lowest BCUT2D eigenvalue weighted by atomic mass is 10.3. The SMILES string of the molecule is Clc1cccc(NCc2cc(Br)cs2)c1Br. The average molecular weight is 382 g/mol. The molecule has 1 aromatic carbocycles. The van der Waals surface area contributed by atoms with E-state index in [1.807, 2.05) is 18.2 Å². The molecule has 2 aromatic rings. The Morgan fingerprint density at radius 1 is 1.31 bits per heavy atom. The molecule has 0 aliphatic heterocycles. The van der Waals surface area contributed by atoms with Gasteiger partial charge in [-0.15, -0.1) is 11.3 Å². The third-order valence-corrected chi connectivity index (χ3v) is 5.12. The van der Waals surface area contributed by atoms with Crippen LogP contribution in [-0.4, -0.2) is 0 Å². The van der Waals surface area contributed by atoms with Crippen LogP contribution in [0.25, 0.3) is 0 Å².